The van der Waals surface area contributed by atoms with Crippen LogP contribution in [0, 0.1) is 0 Å². The Balaban J connectivity index is 2.50. The number of rotatable bonds is 3. The number of methoxy groups -OCH3 is 1. The summed E-state index contributed by atoms with van der Waals surface area (Å²) in [6, 6.07) is 9.40. The highest BCUT2D eigenvalue weighted by Crippen LogP contribution is 2.20. The molecule has 0 saturated carbocycles. The molecule has 0 aliphatic carbocycles. The van der Waals surface area contributed by atoms with E-state index in [0.717, 1.165) is 22.8 Å². The number of aromatic nitrogens is 2. The third-order valence-corrected chi connectivity index (χ3v) is 2.24. The fraction of sp³-hybridized carbons (Fsp3) is 0.154. The molecule has 2 heterocycles. The van der Waals surface area contributed by atoms with E-state index in [1.165, 1.54) is 0 Å². The molecule has 0 atom stereocenters. The average Bonchev–Trinajstić information content (AvgIpc) is 2.40. The third kappa shape index (κ3) is 2.66. The van der Waals surface area contributed by atoms with Gasteiger partial charge in [-0.25, -0.2) is 4.98 Å². The molecule has 0 unspecified atom stereocenters. The Kier molecular flexibility index (Phi) is 3.45. The lowest BCUT2D eigenvalue weighted by Gasteiger charge is -2.05. The first-order valence-electron chi connectivity index (χ1n) is 5.23. The Bertz CT molecular complexity index is 523. The molecule has 0 aliphatic heterocycles. The lowest BCUT2D eigenvalue weighted by atomic mass is 10.2. The summed E-state index contributed by atoms with van der Waals surface area (Å²) in [4.78, 5) is 12.7. The minimum atomic E-state index is 0.746. The Labute approximate surface area is 100 Å². The first-order chi connectivity index (χ1) is 8.33. The number of ether oxygens (including phenoxy) is 1. The number of hydrogen-bond donors (Lipinski definition) is 0. The van der Waals surface area contributed by atoms with E-state index in [1.54, 1.807) is 26.6 Å². The van der Waals surface area contributed by atoms with E-state index in [1.807, 2.05) is 30.3 Å². The van der Waals surface area contributed by atoms with Crippen LogP contribution in [0.25, 0.3) is 11.4 Å². The normalized spacial score (nSPS) is 10.7. The molecule has 86 valence electrons. The minimum Gasteiger partial charge on any atom is -0.497 e. The van der Waals surface area contributed by atoms with E-state index < -0.39 is 0 Å². The first-order valence-corrected chi connectivity index (χ1v) is 5.23. The molecule has 2 rings (SSSR count). The fourth-order valence-electron chi connectivity index (χ4n) is 1.49. The number of pyridine rings is 2. The van der Waals surface area contributed by atoms with Crippen molar-refractivity contribution in [3.63, 3.8) is 0 Å². The summed E-state index contributed by atoms with van der Waals surface area (Å²) in [5.74, 6) is 0.746. The molecule has 0 aliphatic rings. The van der Waals surface area contributed by atoms with Crippen LogP contribution in [-0.2, 0) is 0 Å². The Morgan fingerprint density at radius 3 is 2.76 bits per heavy atom. The Morgan fingerprint density at radius 2 is 2.12 bits per heavy atom. The van der Waals surface area contributed by atoms with Crippen molar-refractivity contribution in [2.75, 3.05) is 14.2 Å². The second-order valence-electron chi connectivity index (χ2n) is 3.42. The second-order valence-corrected chi connectivity index (χ2v) is 3.42. The van der Waals surface area contributed by atoms with Crippen LogP contribution in [0.15, 0.2) is 41.5 Å². The third-order valence-electron chi connectivity index (χ3n) is 2.24. The van der Waals surface area contributed by atoms with Gasteiger partial charge in [0.05, 0.1) is 24.2 Å². The van der Waals surface area contributed by atoms with E-state index in [9.17, 15) is 0 Å². The zero-order valence-corrected chi connectivity index (χ0v) is 9.79. The molecule has 0 fully saturated rings. The van der Waals surface area contributed by atoms with Crippen molar-refractivity contribution in [3.8, 4) is 17.1 Å². The molecule has 0 aromatic carbocycles. The van der Waals surface area contributed by atoms with Crippen LogP contribution < -0.4 is 4.74 Å². The summed E-state index contributed by atoms with van der Waals surface area (Å²) in [7, 11) is 3.34. The van der Waals surface area contributed by atoms with Gasteiger partial charge in [0.1, 0.15) is 5.75 Å². The summed E-state index contributed by atoms with van der Waals surface area (Å²) < 4.78 is 5.23. The second kappa shape index (κ2) is 5.21. The molecule has 0 amide bonds. The molecular formula is C13H13N3O. The maximum Gasteiger partial charge on any atom is 0.123 e. The van der Waals surface area contributed by atoms with Gasteiger partial charge in [0.25, 0.3) is 0 Å². The van der Waals surface area contributed by atoms with E-state index in [0.29, 0.717) is 0 Å². The van der Waals surface area contributed by atoms with Crippen LogP contribution in [0.5, 0.6) is 5.75 Å². The maximum atomic E-state index is 5.23. The molecule has 0 saturated heterocycles. The minimum absolute atomic E-state index is 0.746. The predicted molar refractivity (Wildman–Crippen MR) is 67.5 cm³/mol. The molecule has 0 spiro atoms. The first kappa shape index (κ1) is 11.3. The molecule has 2 aromatic heterocycles. The van der Waals surface area contributed by atoms with Crippen molar-refractivity contribution in [1.29, 1.82) is 0 Å². The van der Waals surface area contributed by atoms with Crippen molar-refractivity contribution in [2.45, 2.75) is 0 Å². The summed E-state index contributed by atoms with van der Waals surface area (Å²) in [6.07, 6.45) is 3.43. The lowest BCUT2D eigenvalue weighted by molar-refractivity contribution is 0.414. The molecule has 4 nitrogen and oxygen atoms in total. The van der Waals surface area contributed by atoms with Crippen LogP contribution in [0.3, 0.4) is 0 Å². The van der Waals surface area contributed by atoms with Crippen LogP contribution in [0.1, 0.15) is 5.69 Å². The monoisotopic (exact) mass is 227 g/mol. The highest BCUT2D eigenvalue weighted by molar-refractivity contribution is 5.79. The van der Waals surface area contributed by atoms with Crippen LogP contribution in [0.4, 0.5) is 0 Å². The Hall–Kier alpha value is -2.23. The molecule has 0 radical (unpaired) electrons. The van der Waals surface area contributed by atoms with Crippen molar-refractivity contribution >= 4 is 6.21 Å². The molecular weight excluding hydrogens is 214 g/mol. The van der Waals surface area contributed by atoms with Gasteiger partial charge in [0.15, 0.2) is 0 Å². The molecule has 2 aromatic rings. The highest BCUT2D eigenvalue weighted by atomic mass is 16.5. The molecule has 17 heavy (non-hydrogen) atoms. The average molecular weight is 227 g/mol. The summed E-state index contributed by atoms with van der Waals surface area (Å²) in [5, 5.41) is 0. The summed E-state index contributed by atoms with van der Waals surface area (Å²) in [5.41, 5.74) is 2.35. The highest BCUT2D eigenvalue weighted by Gasteiger charge is 2.04. The van der Waals surface area contributed by atoms with Gasteiger partial charge in [-0.2, -0.15) is 0 Å². The van der Waals surface area contributed by atoms with Crippen molar-refractivity contribution in [2.24, 2.45) is 4.99 Å². The van der Waals surface area contributed by atoms with Gasteiger partial charge in [0, 0.05) is 31.6 Å². The van der Waals surface area contributed by atoms with Crippen molar-refractivity contribution in [3.05, 3.63) is 42.2 Å². The number of nitrogens with zero attached hydrogens (tertiary/aromatic N) is 3. The molecule has 4 heteroatoms. The quantitative estimate of drug-likeness (QED) is 0.755. The van der Waals surface area contributed by atoms with Crippen LogP contribution in [0.2, 0.25) is 0 Å². The van der Waals surface area contributed by atoms with Crippen molar-refractivity contribution < 1.29 is 4.74 Å². The van der Waals surface area contributed by atoms with Gasteiger partial charge in [-0.3, -0.25) is 9.98 Å². The predicted octanol–water partition coefficient (Wildman–Crippen LogP) is 2.20. The summed E-state index contributed by atoms with van der Waals surface area (Å²) >= 11 is 0. The van der Waals surface area contributed by atoms with Crippen LogP contribution >= 0.6 is 0 Å². The van der Waals surface area contributed by atoms with Gasteiger partial charge < -0.3 is 4.74 Å². The van der Waals surface area contributed by atoms with E-state index >= 15 is 0 Å². The summed E-state index contributed by atoms with van der Waals surface area (Å²) in [6.45, 7) is 0. The van der Waals surface area contributed by atoms with Gasteiger partial charge in [-0.1, -0.05) is 6.07 Å². The maximum absolute atomic E-state index is 5.23. The number of aliphatic imine (C=N–C) groups is 1. The standard InChI is InChI=1S/C13H13N3O/c1-14-9-10-7-11(17-2)8-13(16-10)12-5-3-4-6-15-12/h3-9H,1-2H3. The van der Waals surface area contributed by atoms with Gasteiger partial charge >= 0.3 is 0 Å². The number of hydrogen-bond acceptors (Lipinski definition) is 4. The smallest absolute Gasteiger partial charge is 0.123 e. The van der Waals surface area contributed by atoms with E-state index in [-0.39, 0.29) is 0 Å². The molecule has 0 bridgehead atoms. The van der Waals surface area contributed by atoms with E-state index in [2.05, 4.69) is 15.0 Å². The largest absolute Gasteiger partial charge is 0.497 e. The van der Waals surface area contributed by atoms with Crippen molar-refractivity contribution in [1.82, 2.24) is 9.97 Å². The SMILES string of the molecule is CN=Cc1cc(OC)cc(-c2ccccn2)n1. The lowest BCUT2D eigenvalue weighted by Crippen LogP contribution is -1.95. The Morgan fingerprint density at radius 1 is 1.24 bits per heavy atom. The zero-order valence-electron chi connectivity index (χ0n) is 9.79. The topological polar surface area (TPSA) is 47.4 Å². The van der Waals surface area contributed by atoms with Gasteiger partial charge in [-0.05, 0) is 12.1 Å². The van der Waals surface area contributed by atoms with Crippen LogP contribution in [-0.4, -0.2) is 30.3 Å². The fourth-order valence-corrected chi connectivity index (χ4v) is 1.49. The van der Waals surface area contributed by atoms with Gasteiger partial charge in [-0.15, -0.1) is 0 Å². The zero-order chi connectivity index (χ0) is 12.1. The van der Waals surface area contributed by atoms with Gasteiger partial charge in [0.2, 0.25) is 0 Å². The molecule has 0 N–H and O–H groups in total. The van der Waals surface area contributed by atoms with E-state index in [4.69, 9.17) is 4.74 Å².